The van der Waals surface area contributed by atoms with E-state index in [9.17, 15) is 0 Å². The van der Waals surface area contributed by atoms with Crippen molar-refractivity contribution in [2.75, 3.05) is 25.0 Å². The minimum Gasteiger partial charge on any atom is -1.00 e. The summed E-state index contributed by atoms with van der Waals surface area (Å²) in [5.74, 6) is 0. The van der Waals surface area contributed by atoms with E-state index in [2.05, 4.69) is 105 Å². The molecule has 0 saturated carbocycles. The monoisotopic (exact) mass is 572 g/mol. The van der Waals surface area contributed by atoms with Gasteiger partial charge in [0.2, 0.25) is 5.69 Å². The molecule has 0 spiro atoms. The first-order chi connectivity index (χ1) is 16.0. The molecule has 3 rings (SSSR count). The number of benzene rings is 2. The fourth-order valence-corrected chi connectivity index (χ4v) is 5.10. The van der Waals surface area contributed by atoms with Crippen molar-refractivity contribution in [1.82, 2.24) is 0 Å². The Morgan fingerprint density at radius 2 is 1.35 bits per heavy atom. The van der Waals surface area contributed by atoms with Crippen molar-refractivity contribution in [3.8, 4) is 0 Å². The van der Waals surface area contributed by atoms with Crippen LogP contribution in [-0.4, -0.2) is 30.4 Å². The van der Waals surface area contributed by atoms with E-state index in [4.69, 9.17) is 0 Å². The second-order valence-corrected chi connectivity index (χ2v) is 10.1. The molecule has 1 heterocycles. The van der Waals surface area contributed by atoms with E-state index >= 15 is 0 Å². The second kappa shape index (κ2) is 14.1. The Bertz CT molecular complexity index is 928. The smallest absolute Gasteiger partial charge is 0.209 e. The number of hydrogen-bond acceptors (Lipinski definition) is 1. The lowest BCUT2D eigenvalue weighted by Crippen LogP contribution is -3.00. The van der Waals surface area contributed by atoms with Gasteiger partial charge in [-0.25, -0.2) is 0 Å². The number of unbranched alkanes of at least 4 members (excludes halogenated alkanes) is 6. The molecular weight excluding hydrogens is 527 g/mol. The summed E-state index contributed by atoms with van der Waals surface area (Å²) < 4.78 is 2.34. The van der Waals surface area contributed by atoms with Crippen molar-refractivity contribution in [3.05, 3.63) is 65.7 Å². The number of para-hydroxylation sites is 1. The molecule has 0 radical (unpaired) electrons. The molecule has 186 valence electrons. The molecule has 1 aliphatic rings. The minimum absolute atomic E-state index is 0. The highest BCUT2D eigenvalue weighted by Gasteiger charge is 2.42. The Hall–Kier alpha value is -1.62. The summed E-state index contributed by atoms with van der Waals surface area (Å²) in [7, 11) is 2.19. The van der Waals surface area contributed by atoms with E-state index in [1.54, 1.807) is 0 Å². The van der Waals surface area contributed by atoms with Crippen LogP contribution in [-0.2, 0) is 5.41 Å². The van der Waals surface area contributed by atoms with Crippen LogP contribution in [0.15, 0.2) is 54.6 Å². The summed E-state index contributed by atoms with van der Waals surface area (Å²) in [6.07, 6.45) is 15.1. The highest BCUT2D eigenvalue weighted by atomic mass is 127. The van der Waals surface area contributed by atoms with E-state index in [0.717, 1.165) is 0 Å². The Kier molecular flexibility index (Phi) is 11.8. The van der Waals surface area contributed by atoms with Crippen molar-refractivity contribution in [3.63, 3.8) is 0 Å². The molecule has 0 aliphatic carbocycles. The zero-order valence-electron chi connectivity index (χ0n) is 22.1. The maximum atomic E-state index is 2.61. The van der Waals surface area contributed by atoms with Gasteiger partial charge in [-0.1, -0.05) is 82.7 Å². The molecular formula is C31H45IN2. The fraction of sp³-hybridized carbons (Fsp3) is 0.516. The summed E-state index contributed by atoms with van der Waals surface area (Å²) in [4.78, 5) is 2.61. The molecule has 3 heteroatoms. The lowest BCUT2D eigenvalue weighted by Gasteiger charge is -2.25. The van der Waals surface area contributed by atoms with E-state index in [1.165, 1.54) is 92.7 Å². The van der Waals surface area contributed by atoms with Gasteiger partial charge in [-0.05, 0) is 50.5 Å². The lowest BCUT2D eigenvalue weighted by molar-refractivity contribution is -0.401. The normalized spacial score (nSPS) is 14.4. The van der Waals surface area contributed by atoms with Gasteiger partial charge in [-0.15, -0.1) is 0 Å². The van der Waals surface area contributed by atoms with Gasteiger partial charge in [0, 0.05) is 36.5 Å². The molecule has 0 unspecified atom stereocenters. The number of rotatable bonds is 13. The molecule has 1 aliphatic heterocycles. The third-order valence-electron chi connectivity index (χ3n) is 7.20. The van der Waals surface area contributed by atoms with E-state index in [1.807, 2.05) is 0 Å². The van der Waals surface area contributed by atoms with Crippen LogP contribution in [0.4, 0.5) is 11.4 Å². The van der Waals surface area contributed by atoms with Crippen LogP contribution >= 0.6 is 0 Å². The largest absolute Gasteiger partial charge is 1.00 e. The summed E-state index contributed by atoms with van der Waals surface area (Å²) >= 11 is 0. The lowest BCUT2D eigenvalue weighted by atomic mass is 9.81. The van der Waals surface area contributed by atoms with Crippen LogP contribution < -0.4 is 28.9 Å². The number of allylic oxidation sites excluding steroid dienone is 1. The van der Waals surface area contributed by atoms with E-state index in [-0.39, 0.29) is 29.4 Å². The van der Waals surface area contributed by atoms with Gasteiger partial charge < -0.3 is 28.9 Å². The number of halogens is 1. The fourth-order valence-electron chi connectivity index (χ4n) is 5.10. The third-order valence-corrected chi connectivity index (χ3v) is 7.20. The van der Waals surface area contributed by atoms with Crippen molar-refractivity contribution in [1.29, 1.82) is 0 Å². The molecule has 2 aromatic rings. The van der Waals surface area contributed by atoms with Gasteiger partial charge in [-0.3, -0.25) is 0 Å². The predicted molar refractivity (Wildman–Crippen MR) is 146 cm³/mol. The first kappa shape index (κ1) is 28.6. The SMILES string of the molecule is CCCCCCN(CCCCCC)c1ccc(/C=C/C2=[N+](C)c3ccccc3C2(C)C)cc1.[I-]. The van der Waals surface area contributed by atoms with E-state index < -0.39 is 0 Å². The predicted octanol–water partition coefficient (Wildman–Crippen LogP) is 5.38. The van der Waals surface area contributed by atoms with Gasteiger partial charge in [0.05, 0.1) is 5.41 Å². The molecule has 0 atom stereocenters. The molecule has 2 nitrogen and oxygen atoms in total. The number of nitrogens with zero attached hydrogens (tertiary/aromatic N) is 2. The first-order valence-corrected chi connectivity index (χ1v) is 13.2. The molecule has 0 bridgehead atoms. The van der Waals surface area contributed by atoms with E-state index in [0.29, 0.717) is 0 Å². The molecule has 0 amide bonds. The highest BCUT2D eigenvalue weighted by molar-refractivity contribution is 6.05. The van der Waals surface area contributed by atoms with Crippen LogP contribution in [0.3, 0.4) is 0 Å². The molecule has 34 heavy (non-hydrogen) atoms. The summed E-state index contributed by atoms with van der Waals surface area (Å²) in [5.41, 5.74) is 6.74. The topological polar surface area (TPSA) is 6.25 Å². The van der Waals surface area contributed by atoms with Crippen molar-refractivity contribution in [2.45, 2.75) is 84.5 Å². The van der Waals surface area contributed by atoms with Crippen LogP contribution in [0.25, 0.3) is 6.08 Å². The second-order valence-electron chi connectivity index (χ2n) is 10.1. The zero-order chi connectivity index (χ0) is 23.7. The Balaban J connectivity index is 0.00000408. The Labute approximate surface area is 226 Å². The minimum atomic E-state index is 0. The van der Waals surface area contributed by atoms with Crippen molar-refractivity contribution >= 4 is 23.2 Å². The van der Waals surface area contributed by atoms with Gasteiger partial charge in [0.25, 0.3) is 0 Å². The third kappa shape index (κ3) is 7.19. The summed E-state index contributed by atoms with van der Waals surface area (Å²) in [5, 5.41) is 0. The van der Waals surface area contributed by atoms with Crippen molar-refractivity contribution in [2.24, 2.45) is 0 Å². The summed E-state index contributed by atoms with van der Waals surface area (Å²) in [6.45, 7) is 11.6. The van der Waals surface area contributed by atoms with Crippen LogP contribution in [0.2, 0.25) is 0 Å². The van der Waals surface area contributed by atoms with Crippen molar-refractivity contribution < 1.29 is 28.6 Å². The van der Waals surface area contributed by atoms with Crippen LogP contribution in [0, 0.1) is 0 Å². The maximum Gasteiger partial charge on any atom is 0.209 e. The molecule has 0 saturated heterocycles. The van der Waals surface area contributed by atoms with Gasteiger partial charge in [-0.2, -0.15) is 4.58 Å². The Morgan fingerprint density at radius 3 is 1.91 bits per heavy atom. The van der Waals surface area contributed by atoms with Gasteiger partial charge >= 0.3 is 0 Å². The number of hydrogen-bond donors (Lipinski definition) is 0. The van der Waals surface area contributed by atoms with Crippen LogP contribution in [0.5, 0.6) is 0 Å². The average molecular weight is 573 g/mol. The quantitative estimate of drug-likeness (QED) is 0.178. The maximum absolute atomic E-state index is 2.61. The zero-order valence-corrected chi connectivity index (χ0v) is 24.3. The Morgan fingerprint density at radius 1 is 0.765 bits per heavy atom. The number of anilines is 1. The summed E-state index contributed by atoms with van der Waals surface area (Å²) in [6, 6.07) is 18.0. The van der Waals surface area contributed by atoms with Crippen LogP contribution in [0.1, 0.15) is 90.2 Å². The molecule has 0 aromatic heterocycles. The average Bonchev–Trinajstić information content (AvgIpc) is 3.02. The highest BCUT2D eigenvalue weighted by Crippen LogP contribution is 2.39. The number of fused-ring (bicyclic) bond motifs is 1. The molecule has 2 aromatic carbocycles. The first-order valence-electron chi connectivity index (χ1n) is 13.2. The van der Waals surface area contributed by atoms with Gasteiger partial charge in [0.1, 0.15) is 7.05 Å². The molecule has 0 N–H and O–H groups in total. The van der Waals surface area contributed by atoms with Gasteiger partial charge in [0.15, 0.2) is 5.71 Å². The standard InChI is InChI=1S/C31H45N2.HI/c1-6-8-10-14-24-33(25-15-11-9-7-2)27-21-18-26(19-22-27)20-23-30-31(3,4)28-16-12-13-17-29(28)32(30)5;/h12-13,16-23H,6-11,14-15,24-25H2,1-5H3;1H/q+1;/p-1. The molecule has 0 fully saturated rings.